The minimum Gasteiger partial charge on any atom is -0.377 e. The molecule has 0 aromatic carbocycles. The zero-order chi connectivity index (χ0) is 16.4. The predicted molar refractivity (Wildman–Crippen MR) is 84.9 cm³/mol. The summed E-state index contributed by atoms with van der Waals surface area (Å²) in [6.07, 6.45) is 4.81. The minimum absolute atomic E-state index is 0.125. The topological polar surface area (TPSA) is 76.0 Å². The Morgan fingerprint density at radius 1 is 1.43 bits per heavy atom. The Kier molecular flexibility index (Phi) is 4.47. The summed E-state index contributed by atoms with van der Waals surface area (Å²) in [7, 11) is 1.91. The second-order valence-electron chi connectivity index (χ2n) is 6.01. The van der Waals surface area contributed by atoms with Crippen molar-refractivity contribution in [1.82, 2.24) is 24.6 Å². The first kappa shape index (κ1) is 15.7. The molecule has 1 saturated heterocycles. The molecule has 3 heterocycles. The molecule has 3 rings (SSSR count). The Morgan fingerprint density at radius 2 is 2.26 bits per heavy atom. The van der Waals surface area contributed by atoms with E-state index in [-0.39, 0.29) is 11.9 Å². The maximum atomic E-state index is 12.7. The van der Waals surface area contributed by atoms with E-state index in [0.29, 0.717) is 32.6 Å². The van der Waals surface area contributed by atoms with Crippen molar-refractivity contribution in [1.29, 1.82) is 0 Å². The number of aromatic nitrogens is 4. The zero-order valence-corrected chi connectivity index (χ0v) is 13.9. The van der Waals surface area contributed by atoms with Gasteiger partial charge in [0.25, 0.3) is 0 Å². The van der Waals surface area contributed by atoms with E-state index in [4.69, 9.17) is 4.74 Å². The molecule has 1 atom stereocenters. The Morgan fingerprint density at radius 3 is 2.91 bits per heavy atom. The summed E-state index contributed by atoms with van der Waals surface area (Å²) in [4.78, 5) is 22.1. The zero-order valence-electron chi connectivity index (χ0n) is 13.9. The summed E-state index contributed by atoms with van der Waals surface area (Å²) in [6, 6.07) is -0.125. The third-order valence-electron chi connectivity index (χ3n) is 4.43. The normalized spacial score (nSPS) is 18.4. The molecule has 2 aromatic rings. The molecule has 124 valence electrons. The van der Waals surface area contributed by atoms with Crippen molar-refractivity contribution in [2.24, 2.45) is 7.05 Å². The van der Waals surface area contributed by atoms with Crippen molar-refractivity contribution >= 4 is 5.91 Å². The van der Waals surface area contributed by atoms with Crippen LogP contribution >= 0.6 is 0 Å². The van der Waals surface area contributed by atoms with E-state index in [2.05, 4.69) is 15.1 Å². The number of aryl methyl sites for hydroxylation is 3. The number of carbonyl (C=O) groups excluding carboxylic acids is 1. The first-order chi connectivity index (χ1) is 11.1. The van der Waals surface area contributed by atoms with Gasteiger partial charge in [0, 0.05) is 37.6 Å². The van der Waals surface area contributed by atoms with Gasteiger partial charge in [-0.1, -0.05) is 0 Å². The molecule has 0 bridgehead atoms. The number of carbonyl (C=O) groups is 1. The quantitative estimate of drug-likeness (QED) is 0.922. The summed E-state index contributed by atoms with van der Waals surface area (Å²) in [6.45, 7) is 5.65. The van der Waals surface area contributed by atoms with Crippen LogP contribution in [0.5, 0.6) is 0 Å². The molecule has 23 heavy (non-hydrogen) atoms. The summed E-state index contributed by atoms with van der Waals surface area (Å²) in [5.41, 5.74) is 3.22. The van der Waals surface area contributed by atoms with E-state index < -0.39 is 0 Å². The van der Waals surface area contributed by atoms with Crippen LogP contribution in [0, 0.1) is 13.8 Å². The third-order valence-corrected chi connectivity index (χ3v) is 4.43. The Bertz CT molecular complexity index is 690. The van der Waals surface area contributed by atoms with Crippen LogP contribution in [-0.4, -0.2) is 50.3 Å². The molecule has 7 heteroatoms. The molecule has 0 unspecified atom stereocenters. The number of hydrogen-bond donors (Lipinski definition) is 1. The molecular formula is C16H23N5O2. The molecule has 0 aliphatic carbocycles. The molecule has 1 aliphatic rings. The third kappa shape index (κ3) is 3.29. The van der Waals surface area contributed by atoms with Gasteiger partial charge in [0.2, 0.25) is 5.91 Å². The molecule has 1 N–H and O–H groups in total. The molecule has 2 aromatic heterocycles. The van der Waals surface area contributed by atoms with Gasteiger partial charge in [0.15, 0.2) is 0 Å². The monoisotopic (exact) mass is 317 g/mol. The number of H-pyrrole nitrogens is 1. The fourth-order valence-corrected chi connectivity index (χ4v) is 2.91. The second-order valence-corrected chi connectivity index (χ2v) is 6.01. The lowest BCUT2D eigenvalue weighted by Gasteiger charge is -2.34. The molecule has 1 amide bonds. The maximum Gasteiger partial charge on any atom is 0.223 e. The molecular weight excluding hydrogens is 294 g/mol. The van der Waals surface area contributed by atoms with Gasteiger partial charge in [-0.15, -0.1) is 0 Å². The van der Waals surface area contributed by atoms with Gasteiger partial charge in [-0.05, 0) is 25.8 Å². The smallest absolute Gasteiger partial charge is 0.223 e. The number of hydrogen-bond acceptors (Lipinski definition) is 4. The van der Waals surface area contributed by atoms with Crippen molar-refractivity contribution in [3.05, 3.63) is 35.2 Å². The van der Waals surface area contributed by atoms with Gasteiger partial charge in [0.1, 0.15) is 11.9 Å². The van der Waals surface area contributed by atoms with E-state index in [0.717, 1.165) is 22.8 Å². The summed E-state index contributed by atoms with van der Waals surface area (Å²) in [5.74, 6) is 0.934. The van der Waals surface area contributed by atoms with Crippen LogP contribution in [-0.2, 0) is 23.0 Å². The van der Waals surface area contributed by atoms with Gasteiger partial charge in [-0.3, -0.25) is 9.48 Å². The van der Waals surface area contributed by atoms with Crippen molar-refractivity contribution in [3.8, 4) is 0 Å². The molecule has 0 spiro atoms. The summed E-state index contributed by atoms with van der Waals surface area (Å²) in [5, 5.41) is 4.23. The minimum atomic E-state index is -0.125. The van der Waals surface area contributed by atoms with E-state index in [1.807, 2.05) is 36.7 Å². The number of aromatic amines is 1. The van der Waals surface area contributed by atoms with Crippen LogP contribution in [0.25, 0.3) is 0 Å². The lowest BCUT2D eigenvalue weighted by molar-refractivity contribution is -0.140. The average Bonchev–Trinajstić information content (AvgIpc) is 3.12. The number of rotatable bonds is 4. The van der Waals surface area contributed by atoms with E-state index >= 15 is 0 Å². The highest BCUT2D eigenvalue weighted by Gasteiger charge is 2.30. The van der Waals surface area contributed by atoms with Gasteiger partial charge in [0.05, 0.1) is 19.4 Å². The van der Waals surface area contributed by atoms with E-state index in [1.54, 1.807) is 6.20 Å². The predicted octanol–water partition coefficient (Wildman–Crippen LogP) is 1.29. The molecule has 7 nitrogen and oxygen atoms in total. The largest absolute Gasteiger partial charge is 0.377 e. The van der Waals surface area contributed by atoms with Crippen LogP contribution in [0.3, 0.4) is 0 Å². The van der Waals surface area contributed by atoms with Crippen molar-refractivity contribution < 1.29 is 9.53 Å². The lowest BCUT2D eigenvalue weighted by Crippen LogP contribution is -2.44. The molecule has 1 fully saturated rings. The fraction of sp³-hybridized carbons (Fsp3) is 0.562. The van der Waals surface area contributed by atoms with Gasteiger partial charge < -0.3 is 14.6 Å². The average molecular weight is 317 g/mol. The van der Waals surface area contributed by atoms with Crippen LogP contribution in [0.4, 0.5) is 0 Å². The number of nitrogens with zero attached hydrogens (tertiary/aromatic N) is 4. The second kappa shape index (κ2) is 6.54. The summed E-state index contributed by atoms with van der Waals surface area (Å²) >= 11 is 0. The van der Waals surface area contributed by atoms with E-state index in [1.165, 1.54) is 0 Å². The first-order valence-corrected chi connectivity index (χ1v) is 7.92. The Labute approximate surface area is 135 Å². The summed E-state index contributed by atoms with van der Waals surface area (Å²) < 4.78 is 7.38. The van der Waals surface area contributed by atoms with Crippen LogP contribution in [0.1, 0.15) is 35.2 Å². The number of imidazole rings is 1. The van der Waals surface area contributed by atoms with Gasteiger partial charge >= 0.3 is 0 Å². The van der Waals surface area contributed by atoms with Crippen molar-refractivity contribution in [2.75, 3.05) is 19.8 Å². The van der Waals surface area contributed by atoms with Crippen molar-refractivity contribution in [2.45, 2.75) is 32.7 Å². The maximum absolute atomic E-state index is 12.7. The number of ether oxygens (including phenoxy) is 1. The Hall–Kier alpha value is -2.15. The number of nitrogens with one attached hydrogen (secondary N) is 1. The first-order valence-electron chi connectivity index (χ1n) is 7.92. The van der Waals surface area contributed by atoms with Crippen LogP contribution in [0.2, 0.25) is 0 Å². The number of amides is 1. The van der Waals surface area contributed by atoms with Gasteiger partial charge in [-0.25, -0.2) is 4.98 Å². The highest BCUT2D eigenvalue weighted by molar-refractivity contribution is 5.77. The molecule has 1 aliphatic heterocycles. The van der Waals surface area contributed by atoms with Gasteiger partial charge in [-0.2, -0.15) is 5.10 Å². The standard InChI is InChI=1S/C16H23N5O2/c1-11-8-17-16(19-11)14-10-23-7-6-21(14)15(22)5-4-13-9-18-20(3)12(13)2/h8-9,14H,4-7,10H2,1-3H3,(H,17,19)/t14-/m0/s1. The lowest BCUT2D eigenvalue weighted by atomic mass is 10.1. The van der Waals surface area contributed by atoms with Crippen molar-refractivity contribution in [3.63, 3.8) is 0 Å². The highest BCUT2D eigenvalue weighted by Crippen LogP contribution is 2.23. The fourth-order valence-electron chi connectivity index (χ4n) is 2.91. The van der Waals surface area contributed by atoms with Crippen LogP contribution < -0.4 is 0 Å². The van der Waals surface area contributed by atoms with E-state index in [9.17, 15) is 4.79 Å². The molecule has 0 radical (unpaired) electrons. The number of morpholine rings is 1. The SMILES string of the molecule is Cc1cnc([C@@H]2COCCN2C(=O)CCc2cnn(C)c2C)[nH]1. The Balaban J connectivity index is 1.68. The molecule has 0 saturated carbocycles. The highest BCUT2D eigenvalue weighted by atomic mass is 16.5. The van der Waals surface area contributed by atoms with Crippen LogP contribution in [0.15, 0.2) is 12.4 Å².